The summed E-state index contributed by atoms with van der Waals surface area (Å²) in [5, 5.41) is 28.3. The highest BCUT2D eigenvalue weighted by Gasteiger charge is 2.35. The minimum absolute atomic E-state index is 0.358. The standard InChI is InChI=1S/C76H42N6S/c1-78-70-71(79-61-30-11-4-22-50(61)51-23-5-12-31-62(51)79)60(44-77)72(80-63-32-13-6-24-52(63)53-25-7-14-33-64(53)80)75(74(70)81-65-34-15-8-26-54(65)55-27-9-16-35-66(55)81)82-67-42-39-47(49-29-18-20-46-38-37-45-19-2-3-21-48(45)69(46)49)43-59(67)57-40-41-58-56-28-10-17-36-68(56)83-76(58)73(57)82/h2-43H. The molecule has 0 N–H and O–H groups in total. The lowest BCUT2D eigenvalue weighted by molar-refractivity contribution is 1.03. The quantitative estimate of drug-likeness (QED) is 0.125. The molecule has 0 aliphatic heterocycles. The van der Waals surface area contributed by atoms with E-state index in [2.05, 4.69) is 279 Å². The van der Waals surface area contributed by atoms with Gasteiger partial charge < -0.3 is 18.3 Å². The first-order valence-corrected chi connectivity index (χ1v) is 28.8. The maximum atomic E-state index is 12.7. The SMILES string of the molecule is [C-]#[N+]c1c(-n2c3ccccc3c3ccccc32)c(C#N)c(-n2c3ccccc3c3ccccc32)c(-n2c3ccc(-c4cccc5ccc6ccccc6c45)cc3c3ccc4c5ccccc5sc4c32)c1-n1c2ccccc2c2ccccc21. The molecule has 0 aliphatic carbocycles. The third kappa shape index (κ3) is 6.13. The van der Waals surface area contributed by atoms with E-state index in [0.717, 1.165) is 114 Å². The molecular formula is C76H42N6S. The zero-order valence-electron chi connectivity index (χ0n) is 44.3. The Morgan fingerprint density at radius 2 is 0.807 bits per heavy atom. The molecule has 0 atom stereocenters. The van der Waals surface area contributed by atoms with Crippen molar-refractivity contribution in [3.8, 4) is 39.9 Å². The zero-order chi connectivity index (χ0) is 54.6. The van der Waals surface area contributed by atoms with Crippen LogP contribution in [0.15, 0.2) is 255 Å². The van der Waals surface area contributed by atoms with E-state index in [9.17, 15) is 11.8 Å². The lowest BCUT2D eigenvalue weighted by atomic mass is 9.93. The van der Waals surface area contributed by atoms with E-state index in [4.69, 9.17) is 4.85 Å². The van der Waals surface area contributed by atoms with Crippen LogP contribution in [0.2, 0.25) is 0 Å². The summed E-state index contributed by atoms with van der Waals surface area (Å²) >= 11 is 1.80. The van der Waals surface area contributed by atoms with Gasteiger partial charge in [-0.3, -0.25) is 0 Å². The van der Waals surface area contributed by atoms with Crippen LogP contribution in [-0.2, 0) is 0 Å². The Kier molecular flexibility index (Phi) is 9.42. The highest BCUT2D eigenvalue weighted by molar-refractivity contribution is 7.26. The van der Waals surface area contributed by atoms with Crippen LogP contribution >= 0.6 is 11.3 Å². The number of thiophene rings is 1. The molecule has 5 aromatic heterocycles. The molecule has 0 saturated heterocycles. The lowest BCUT2D eigenvalue weighted by Crippen LogP contribution is -2.14. The molecule has 0 bridgehead atoms. The van der Waals surface area contributed by atoms with Gasteiger partial charge in [-0.15, -0.1) is 11.3 Å². The van der Waals surface area contributed by atoms with Gasteiger partial charge in [0.1, 0.15) is 6.07 Å². The van der Waals surface area contributed by atoms with Crippen LogP contribution in [-0.4, -0.2) is 18.3 Å². The molecular weight excluding hydrogens is 1030 g/mol. The van der Waals surface area contributed by atoms with Gasteiger partial charge in [-0.25, -0.2) is 4.85 Å². The highest BCUT2D eigenvalue weighted by atomic mass is 32.1. The summed E-state index contributed by atoms with van der Waals surface area (Å²) in [5.74, 6) is 0. The zero-order valence-corrected chi connectivity index (χ0v) is 45.2. The number of benzene rings is 13. The molecule has 7 heteroatoms. The first kappa shape index (κ1) is 45.6. The molecule has 13 aromatic carbocycles. The molecule has 0 aliphatic rings. The van der Waals surface area contributed by atoms with Crippen LogP contribution in [0.1, 0.15) is 5.56 Å². The van der Waals surface area contributed by atoms with Crippen molar-refractivity contribution in [3.05, 3.63) is 272 Å². The second-order valence-electron chi connectivity index (χ2n) is 21.6. The van der Waals surface area contributed by atoms with Gasteiger partial charge in [-0.1, -0.05) is 200 Å². The predicted octanol–water partition coefficient (Wildman–Crippen LogP) is 20.8. The molecule has 5 heterocycles. The molecule has 0 fully saturated rings. The number of para-hydroxylation sites is 6. The summed E-state index contributed by atoms with van der Waals surface area (Å²) in [6, 6.07) is 94.1. The van der Waals surface area contributed by atoms with E-state index in [1.54, 1.807) is 11.3 Å². The third-order valence-electron chi connectivity index (χ3n) is 17.6. The van der Waals surface area contributed by atoms with Crippen LogP contribution in [0.25, 0.3) is 168 Å². The van der Waals surface area contributed by atoms with Crippen molar-refractivity contribution in [3.63, 3.8) is 0 Å². The summed E-state index contributed by atoms with van der Waals surface area (Å²) in [7, 11) is 0. The van der Waals surface area contributed by atoms with Crippen molar-refractivity contribution >= 4 is 146 Å². The van der Waals surface area contributed by atoms with Crippen LogP contribution in [0.4, 0.5) is 5.69 Å². The maximum Gasteiger partial charge on any atom is 0.237 e. The van der Waals surface area contributed by atoms with Gasteiger partial charge in [0.25, 0.3) is 0 Å². The van der Waals surface area contributed by atoms with E-state index >= 15 is 0 Å². The number of hydrogen-bond acceptors (Lipinski definition) is 2. The summed E-state index contributed by atoms with van der Waals surface area (Å²) in [6.45, 7) is 9.92. The Morgan fingerprint density at radius 3 is 1.37 bits per heavy atom. The van der Waals surface area contributed by atoms with E-state index in [0.29, 0.717) is 28.3 Å². The Balaban J connectivity index is 1.13. The van der Waals surface area contributed by atoms with Crippen molar-refractivity contribution in [1.82, 2.24) is 18.3 Å². The van der Waals surface area contributed by atoms with Crippen molar-refractivity contribution in [2.45, 2.75) is 0 Å². The molecule has 0 unspecified atom stereocenters. The normalized spacial score (nSPS) is 12.1. The van der Waals surface area contributed by atoms with E-state index in [-0.39, 0.29) is 0 Å². The summed E-state index contributed by atoms with van der Waals surface area (Å²) in [6.07, 6.45) is 0. The largest absolute Gasteiger partial charge is 0.318 e. The monoisotopic (exact) mass is 1070 g/mol. The molecule has 6 nitrogen and oxygen atoms in total. The number of rotatable bonds is 5. The third-order valence-corrected chi connectivity index (χ3v) is 18.8. The van der Waals surface area contributed by atoms with Crippen molar-refractivity contribution in [1.29, 1.82) is 5.26 Å². The summed E-state index contributed by atoms with van der Waals surface area (Å²) < 4.78 is 11.6. The number of nitriles is 1. The first-order chi connectivity index (χ1) is 41.2. The average Bonchev–Trinajstić information content (AvgIpc) is 1.93. The minimum atomic E-state index is 0.358. The molecule has 0 saturated carbocycles. The van der Waals surface area contributed by atoms with Gasteiger partial charge in [0.2, 0.25) is 5.69 Å². The van der Waals surface area contributed by atoms with E-state index < -0.39 is 0 Å². The Hall–Kier alpha value is -11.2. The predicted molar refractivity (Wildman–Crippen MR) is 348 cm³/mol. The molecule has 382 valence electrons. The molecule has 83 heavy (non-hydrogen) atoms. The Labute approximate surface area is 478 Å². The Bertz CT molecular complexity index is 5670. The van der Waals surface area contributed by atoms with E-state index in [1.807, 2.05) is 0 Å². The Morgan fingerprint density at radius 1 is 0.349 bits per heavy atom. The minimum Gasteiger partial charge on any atom is -0.318 e. The highest BCUT2D eigenvalue weighted by Crippen LogP contribution is 2.53. The fraction of sp³-hybridized carbons (Fsp3) is 0. The van der Waals surface area contributed by atoms with Gasteiger partial charge in [-0.05, 0) is 87.3 Å². The van der Waals surface area contributed by atoms with Crippen molar-refractivity contribution in [2.24, 2.45) is 0 Å². The summed E-state index contributed by atoms with van der Waals surface area (Å²) in [4.78, 5) is 4.84. The lowest BCUT2D eigenvalue weighted by Gasteiger charge is -2.27. The van der Waals surface area contributed by atoms with E-state index in [1.165, 1.54) is 31.6 Å². The first-order valence-electron chi connectivity index (χ1n) is 27.9. The maximum absolute atomic E-state index is 12.7. The smallest absolute Gasteiger partial charge is 0.237 e. The molecule has 18 aromatic rings. The van der Waals surface area contributed by atoms with Crippen LogP contribution in [0, 0.1) is 17.9 Å². The average molecular weight is 1070 g/mol. The summed E-state index contributed by atoms with van der Waals surface area (Å²) in [5.41, 5.74) is 13.1. The molecule has 0 amide bonds. The van der Waals surface area contributed by atoms with Crippen molar-refractivity contribution in [2.75, 3.05) is 0 Å². The topological polar surface area (TPSA) is 47.9 Å². The van der Waals surface area contributed by atoms with Gasteiger partial charge >= 0.3 is 0 Å². The van der Waals surface area contributed by atoms with Gasteiger partial charge in [0.05, 0.1) is 83.7 Å². The number of aromatic nitrogens is 4. The molecule has 0 spiro atoms. The number of fused-ring (bicyclic) bond motifs is 19. The van der Waals surface area contributed by atoms with Crippen LogP contribution < -0.4 is 0 Å². The van der Waals surface area contributed by atoms with Gasteiger partial charge in [-0.2, -0.15) is 5.26 Å². The van der Waals surface area contributed by atoms with Crippen LogP contribution in [0.3, 0.4) is 0 Å². The molecule has 0 radical (unpaired) electrons. The fourth-order valence-electron chi connectivity index (χ4n) is 14.2. The van der Waals surface area contributed by atoms with Gasteiger partial charge in [0.15, 0.2) is 0 Å². The fourth-order valence-corrected chi connectivity index (χ4v) is 15.5. The number of hydrogen-bond donors (Lipinski definition) is 0. The second kappa shape index (κ2) is 17.1. The number of nitrogens with zero attached hydrogens (tertiary/aromatic N) is 6. The van der Waals surface area contributed by atoms with Crippen LogP contribution in [0.5, 0.6) is 0 Å². The second-order valence-corrected chi connectivity index (χ2v) is 22.7. The van der Waals surface area contributed by atoms with Crippen molar-refractivity contribution < 1.29 is 0 Å². The van der Waals surface area contributed by atoms with Gasteiger partial charge in [0, 0.05) is 58.6 Å². The molecule has 18 rings (SSSR count).